The van der Waals surface area contributed by atoms with Crippen LogP contribution in [0, 0.1) is 5.92 Å². The summed E-state index contributed by atoms with van der Waals surface area (Å²) in [5.41, 5.74) is 2.55. The fourth-order valence-electron chi connectivity index (χ4n) is 5.24. The second kappa shape index (κ2) is 16.1. The number of esters is 1. The maximum absolute atomic E-state index is 13.6. The SMILES string of the molecule is CCOC(=O)c1c(NC(=O)C(CC)Sc2cccc(NC(=O)/C(=C/c3cccs3)NC(=O)c3ccccc3)c2)sc2c1CCC(C)C2. The van der Waals surface area contributed by atoms with E-state index in [0.29, 0.717) is 34.2 Å². The van der Waals surface area contributed by atoms with E-state index < -0.39 is 23.0 Å². The van der Waals surface area contributed by atoms with E-state index in [0.717, 1.165) is 39.5 Å². The van der Waals surface area contributed by atoms with Crippen LogP contribution >= 0.6 is 34.4 Å². The van der Waals surface area contributed by atoms with Crippen molar-refractivity contribution in [2.45, 2.75) is 56.6 Å². The van der Waals surface area contributed by atoms with Crippen molar-refractivity contribution >= 4 is 74.9 Å². The van der Waals surface area contributed by atoms with Gasteiger partial charge in [0.15, 0.2) is 0 Å². The third-order valence-corrected chi connectivity index (χ3v) is 11.0. The van der Waals surface area contributed by atoms with Crippen LogP contribution in [0.5, 0.6) is 0 Å². The highest BCUT2D eigenvalue weighted by atomic mass is 32.2. The van der Waals surface area contributed by atoms with E-state index in [1.807, 2.05) is 36.6 Å². The van der Waals surface area contributed by atoms with Gasteiger partial charge in [-0.05, 0) is 91.9 Å². The van der Waals surface area contributed by atoms with Gasteiger partial charge in [0.25, 0.3) is 11.8 Å². The number of carbonyl (C=O) groups excluding carboxylic acids is 4. The quantitative estimate of drug-likeness (QED) is 0.0790. The van der Waals surface area contributed by atoms with Crippen LogP contribution in [0.15, 0.2) is 82.7 Å². The molecule has 2 unspecified atom stereocenters. The molecule has 8 nitrogen and oxygen atoms in total. The number of ether oxygens (including phenoxy) is 1. The maximum Gasteiger partial charge on any atom is 0.341 e. The maximum atomic E-state index is 13.6. The molecule has 0 fully saturated rings. The lowest BCUT2D eigenvalue weighted by Crippen LogP contribution is -2.30. The Hall–Kier alpha value is -4.19. The molecule has 47 heavy (non-hydrogen) atoms. The Balaban J connectivity index is 1.30. The van der Waals surface area contributed by atoms with Gasteiger partial charge >= 0.3 is 5.97 Å². The zero-order valence-electron chi connectivity index (χ0n) is 26.5. The summed E-state index contributed by atoms with van der Waals surface area (Å²) in [6.07, 6.45) is 4.86. The molecule has 0 bridgehead atoms. The van der Waals surface area contributed by atoms with Gasteiger partial charge in [-0.25, -0.2) is 4.79 Å². The fraction of sp³-hybridized carbons (Fsp3) is 0.278. The van der Waals surface area contributed by atoms with E-state index in [9.17, 15) is 19.2 Å². The number of hydrogen-bond donors (Lipinski definition) is 3. The van der Waals surface area contributed by atoms with E-state index in [-0.39, 0.29) is 18.2 Å². The standard InChI is InChI=1S/C36H37N3O5S3/c1-4-29(34(42)39-35-31(36(43)44-5-2)27-17-16-22(3)19-30(27)47-35)46-26-14-9-13-24(20-26)37-33(41)28(21-25-15-10-18-45-25)38-32(40)23-11-7-6-8-12-23/h6-15,18,20-22,29H,4-5,16-17,19H2,1-3H3,(H,37,41)(H,38,40)(H,39,42)/b28-21-. The van der Waals surface area contributed by atoms with Crippen molar-refractivity contribution in [3.8, 4) is 0 Å². The third-order valence-electron chi connectivity index (χ3n) is 7.62. The van der Waals surface area contributed by atoms with Gasteiger partial charge in [0, 0.05) is 25.9 Å². The molecule has 0 radical (unpaired) electrons. The molecule has 3 N–H and O–H groups in total. The minimum atomic E-state index is -0.475. The van der Waals surface area contributed by atoms with Crippen molar-refractivity contribution in [3.63, 3.8) is 0 Å². The summed E-state index contributed by atoms with van der Waals surface area (Å²) in [6.45, 7) is 6.18. The molecule has 4 aromatic rings. The van der Waals surface area contributed by atoms with Gasteiger partial charge in [-0.1, -0.05) is 44.2 Å². The Bertz CT molecular complexity index is 1770. The fourth-order valence-corrected chi connectivity index (χ4v) is 8.31. The molecule has 0 spiro atoms. The summed E-state index contributed by atoms with van der Waals surface area (Å²) in [7, 11) is 0. The Morgan fingerprint density at radius 1 is 1.02 bits per heavy atom. The van der Waals surface area contributed by atoms with Gasteiger partial charge in [-0.3, -0.25) is 14.4 Å². The molecule has 0 saturated carbocycles. The Morgan fingerprint density at radius 2 is 1.83 bits per heavy atom. The van der Waals surface area contributed by atoms with Crippen LogP contribution in [-0.4, -0.2) is 35.5 Å². The monoisotopic (exact) mass is 687 g/mol. The molecule has 0 aliphatic heterocycles. The number of carbonyl (C=O) groups is 4. The molecule has 1 aliphatic carbocycles. The number of amides is 3. The highest BCUT2D eigenvalue weighted by Gasteiger charge is 2.30. The third kappa shape index (κ3) is 8.79. The highest BCUT2D eigenvalue weighted by Crippen LogP contribution is 2.40. The minimum Gasteiger partial charge on any atom is -0.462 e. The van der Waals surface area contributed by atoms with Crippen LogP contribution in [0.25, 0.3) is 6.08 Å². The van der Waals surface area contributed by atoms with Crippen molar-refractivity contribution < 1.29 is 23.9 Å². The van der Waals surface area contributed by atoms with Crippen LogP contribution < -0.4 is 16.0 Å². The highest BCUT2D eigenvalue weighted by molar-refractivity contribution is 8.00. The lowest BCUT2D eigenvalue weighted by molar-refractivity contribution is -0.116. The molecule has 2 heterocycles. The van der Waals surface area contributed by atoms with E-state index in [2.05, 4.69) is 22.9 Å². The second-order valence-electron chi connectivity index (χ2n) is 11.2. The van der Waals surface area contributed by atoms with Crippen LogP contribution in [0.4, 0.5) is 10.7 Å². The Morgan fingerprint density at radius 3 is 2.55 bits per heavy atom. The number of thiophene rings is 2. The molecule has 1 aliphatic rings. The molecule has 5 rings (SSSR count). The number of benzene rings is 2. The normalized spacial score (nSPS) is 14.9. The summed E-state index contributed by atoms with van der Waals surface area (Å²) < 4.78 is 5.37. The average molecular weight is 688 g/mol. The van der Waals surface area contributed by atoms with Gasteiger partial charge in [0.1, 0.15) is 10.7 Å². The first-order valence-electron chi connectivity index (χ1n) is 15.6. The molecule has 244 valence electrons. The summed E-state index contributed by atoms with van der Waals surface area (Å²) in [6, 6.07) is 19.7. The first-order chi connectivity index (χ1) is 22.7. The van der Waals surface area contributed by atoms with Gasteiger partial charge in [0.2, 0.25) is 5.91 Å². The van der Waals surface area contributed by atoms with Crippen LogP contribution in [0.2, 0.25) is 0 Å². The summed E-state index contributed by atoms with van der Waals surface area (Å²) >= 11 is 4.30. The predicted molar refractivity (Wildman–Crippen MR) is 191 cm³/mol. The van der Waals surface area contributed by atoms with Crippen molar-refractivity contribution in [1.82, 2.24) is 5.32 Å². The van der Waals surface area contributed by atoms with E-state index in [1.165, 1.54) is 34.4 Å². The first-order valence-corrected chi connectivity index (χ1v) is 18.1. The lowest BCUT2D eigenvalue weighted by Gasteiger charge is -2.18. The second-order valence-corrected chi connectivity index (χ2v) is 14.5. The molecule has 2 atom stereocenters. The molecule has 2 aromatic carbocycles. The largest absolute Gasteiger partial charge is 0.462 e. The van der Waals surface area contributed by atoms with Gasteiger partial charge in [-0.2, -0.15) is 0 Å². The molecule has 11 heteroatoms. The summed E-state index contributed by atoms with van der Waals surface area (Å²) in [5.74, 6) is -0.941. The number of anilines is 2. The smallest absolute Gasteiger partial charge is 0.341 e. The average Bonchev–Trinajstić information content (AvgIpc) is 3.71. The zero-order chi connectivity index (χ0) is 33.3. The number of nitrogens with one attached hydrogen (secondary N) is 3. The summed E-state index contributed by atoms with van der Waals surface area (Å²) in [4.78, 5) is 55.6. The van der Waals surface area contributed by atoms with Gasteiger partial charge in [-0.15, -0.1) is 34.4 Å². The van der Waals surface area contributed by atoms with Crippen molar-refractivity contribution in [2.75, 3.05) is 17.2 Å². The minimum absolute atomic E-state index is 0.107. The topological polar surface area (TPSA) is 114 Å². The van der Waals surface area contributed by atoms with Crippen LogP contribution in [0.1, 0.15) is 69.6 Å². The molecular formula is C36H37N3O5S3. The zero-order valence-corrected chi connectivity index (χ0v) is 28.9. The number of thioether (sulfide) groups is 1. The summed E-state index contributed by atoms with van der Waals surface area (Å²) in [5, 5.41) is 10.7. The van der Waals surface area contributed by atoms with Gasteiger partial charge in [0.05, 0.1) is 17.4 Å². The van der Waals surface area contributed by atoms with Gasteiger partial charge < -0.3 is 20.7 Å². The van der Waals surface area contributed by atoms with Crippen molar-refractivity contribution in [1.29, 1.82) is 0 Å². The Labute approximate surface area is 287 Å². The van der Waals surface area contributed by atoms with Crippen molar-refractivity contribution in [2.24, 2.45) is 5.92 Å². The number of rotatable bonds is 12. The van der Waals surface area contributed by atoms with E-state index in [4.69, 9.17) is 4.74 Å². The molecule has 0 saturated heterocycles. The van der Waals surface area contributed by atoms with Crippen LogP contribution in [0.3, 0.4) is 0 Å². The predicted octanol–water partition coefficient (Wildman–Crippen LogP) is 8.03. The Kier molecular flexibility index (Phi) is 11.7. The number of hydrogen-bond acceptors (Lipinski definition) is 8. The lowest BCUT2D eigenvalue weighted by atomic mass is 9.88. The molecule has 2 aromatic heterocycles. The van der Waals surface area contributed by atoms with Crippen LogP contribution in [-0.2, 0) is 27.2 Å². The van der Waals surface area contributed by atoms with Crippen molar-refractivity contribution in [3.05, 3.63) is 104 Å². The molecule has 3 amide bonds. The van der Waals surface area contributed by atoms with E-state index >= 15 is 0 Å². The molecular weight excluding hydrogens is 651 g/mol. The van der Waals surface area contributed by atoms with E-state index in [1.54, 1.807) is 55.5 Å². The number of fused-ring (bicyclic) bond motifs is 1. The first kappa shape index (κ1) is 34.2.